The number of aryl methyl sites for hydroxylation is 2. The van der Waals surface area contributed by atoms with Crippen LogP contribution in [0.5, 0.6) is 0 Å². The van der Waals surface area contributed by atoms with Gasteiger partial charge in [-0.1, -0.05) is 11.6 Å². The zero-order chi connectivity index (χ0) is 7.40. The van der Waals surface area contributed by atoms with Crippen LogP contribution in [0.1, 0.15) is 19.0 Å². The van der Waals surface area contributed by atoms with E-state index in [1.54, 1.807) is 0 Å². The minimum absolute atomic E-state index is 0. The number of aromatic nitrogens is 2. The third-order valence-electron chi connectivity index (χ3n) is 1.33. The van der Waals surface area contributed by atoms with Crippen LogP contribution in [0, 0.1) is 6.92 Å². The van der Waals surface area contributed by atoms with Gasteiger partial charge in [-0.25, -0.2) is 0 Å². The summed E-state index contributed by atoms with van der Waals surface area (Å²) >= 11 is 0. The zero-order valence-electron chi connectivity index (χ0n) is 6.99. The quantitative estimate of drug-likeness (QED) is 0.594. The molecule has 0 amide bonds. The Morgan fingerprint density at radius 2 is 2.27 bits per heavy atom. The predicted molar refractivity (Wildman–Crippen MR) is 41.4 cm³/mol. The second-order valence-electron chi connectivity index (χ2n) is 2.41. The lowest BCUT2D eigenvalue weighted by Crippen LogP contribution is -2.37. The number of hydrogen-bond acceptors (Lipinski definition) is 2. The van der Waals surface area contributed by atoms with Gasteiger partial charge in [-0.15, -0.1) is 0 Å². The topological polar surface area (TPSA) is 46.8 Å². The van der Waals surface area contributed by atoms with Gasteiger partial charge in [0.25, 0.3) is 0 Å². The van der Waals surface area contributed by atoms with Crippen LogP contribution in [0.4, 0.5) is 0 Å². The van der Waals surface area contributed by atoms with E-state index in [-0.39, 0.29) is 5.48 Å². The van der Waals surface area contributed by atoms with Crippen molar-refractivity contribution in [2.45, 2.75) is 26.8 Å². The molecular weight excluding hydrogens is 140 g/mol. The molecule has 3 heteroatoms. The molecule has 0 aliphatic rings. The molecule has 0 atom stereocenters. The van der Waals surface area contributed by atoms with E-state index in [2.05, 4.69) is 12.0 Å². The van der Waals surface area contributed by atoms with Crippen LogP contribution >= 0.6 is 0 Å². The van der Waals surface area contributed by atoms with Crippen molar-refractivity contribution in [3.8, 4) is 0 Å². The highest BCUT2D eigenvalue weighted by Gasteiger charge is 1.97. The van der Waals surface area contributed by atoms with Gasteiger partial charge in [0.1, 0.15) is 5.69 Å². The van der Waals surface area contributed by atoms with Crippen molar-refractivity contribution in [3.05, 3.63) is 24.0 Å². The molecule has 0 saturated carbocycles. The van der Waals surface area contributed by atoms with Crippen molar-refractivity contribution in [3.63, 3.8) is 0 Å². The van der Waals surface area contributed by atoms with Crippen LogP contribution in [0.2, 0.25) is 0 Å². The van der Waals surface area contributed by atoms with Crippen molar-refractivity contribution in [1.29, 1.82) is 0 Å². The smallest absolute Gasteiger partial charge is 0.196 e. The summed E-state index contributed by atoms with van der Waals surface area (Å²) in [6, 6.07) is 4.03. The molecule has 0 fully saturated rings. The summed E-state index contributed by atoms with van der Waals surface area (Å²) in [6.45, 7) is 5.17. The molecule has 0 unspecified atom stereocenters. The Kier molecular flexibility index (Phi) is 4.38. The highest BCUT2D eigenvalue weighted by Crippen LogP contribution is 1.84. The minimum atomic E-state index is 0. The van der Waals surface area contributed by atoms with Crippen molar-refractivity contribution in [2.75, 3.05) is 0 Å². The molecule has 0 aliphatic carbocycles. The molecule has 3 nitrogen and oxygen atoms in total. The molecule has 1 rings (SSSR count). The van der Waals surface area contributed by atoms with Crippen LogP contribution in [0.3, 0.4) is 0 Å². The molecule has 0 saturated heterocycles. The van der Waals surface area contributed by atoms with Gasteiger partial charge in [-0.3, -0.25) is 0 Å². The summed E-state index contributed by atoms with van der Waals surface area (Å²) in [4.78, 5) is 0. The van der Waals surface area contributed by atoms with E-state index in [0.717, 1.165) is 18.7 Å². The van der Waals surface area contributed by atoms with Crippen LogP contribution in [-0.2, 0) is 6.54 Å². The van der Waals surface area contributed by atoms with E-state index in [4.69, 9.17) is 0 Å². The monoisotopic (exact) mass is 154 g/mol. The fraction of sp³-hybridized carbons (Fsp3) is 0.500. The molecule has 0 radical (unpaired) electrons. The Hall–Kier alpha value is -0.960. The highest BCUT2D eigenvalue weighted by atomic mass is 16.0. The van der Waals surface area contributed by atoms with Crippen LogP contribution in [0.25, 0.3) is 0 Å². The average molecular weight is 154 g/mol. The summed E-state index contributed by atoms with van der Waals surface area (Å²) in [7, 11) is 0. The highest BCUT2D eigenvalue weighted by molar-refractivity contribution is 4.92. The van der Waals surface area contributed by atoms with Gasteiger partial charge in [0.2, 0.25) is 0 Å². The predicted octanol–water partition coefficient (Wildman–Crippen LogP) is 0.911. The second-order valence-corrected chi connectivity index (χ2v) is 2.41. The van der Waals surface area contributed by atoms with E-state index in [1.165, 1.54) is 0 Å². The minimum Gasteiger partial charge on any atom is -0.870 e. The molecule has 1 aromatic heterocycles. The third kappa shape index (κ3) is 3.09. The van der Waals surface area contributed by atoms with E-state index in [0.29, 0.717) is 0 Å². The molecular formula is C8H14N2O. The first-order valence-electron chi connectivity index (χ1n) is 3.66. The van der Waals surface area contributed by atoms with Crippen LogP contribution in [-0.4, -0.2) is 10.6 Å². The zero-order valence-corrected chi connectivity index (χ0v) is 6.99. The van der Waals surface area contributed by atoms with Crippen molar-refractivity contribution in [1.82, 2.24) is 5.10 Å². The fourth-order valence-corrected chi connectivity index (χ4v) is 0.905. The maximum atomic E-state index is 4.28. The number of hydrogen-bond donors (Lipinski definition) is 0. The Morgan fingerprint density at radius 3 is 2.82 bits per heavy atom. The van der Waals surface area contributed by atoms with Gasteiger partial charge >= 0.3 is 0 Å². The van der Waals surface area contributed by atoms with Gasteiger partial charge in [0.15, 0.2) is 12.7 Å². The molecule has 11 heavy (non-hydrogen) atoms. The molecule has 0 aliphatic heterocycles. The third-order valence-corrected chi connectivity index (χ3v) is 1.33. The van der Waals surface area contributed by atoms with Crippen molar-refractivity contribution >= 4 is 0 Å². The lowest BCUT2D eigenvalue weighted by Gasteiger charge is -1.90. The van der Waals surface area contributed by atoms with Gasteiger partial charge in [-0.05, 0) is 18.1 Å². The Morgan fingerprint density at radius 1 is 1.55 bits per heavy atom. The summed E-state index contributed by atoms with van der Waals surface area (Å²) < 4.78 is 1.97. The molecule has 1 heterocycles. The molecule has 1 aromatic rings. The van der Waals surface area contributed by atoms with Gasteiger partial charge in [-0.2, -0.15) is 0 Å². The Bertz CT molecular complexity index is 213. The molecule has 0 aromatic carbocycles. The average Bonchev–Trinajstić information content (AvgIpc) is 1.88. The second kappa shape index (κ2) is 4.79. The number of nitrogens with zero attached hydrogens (tertiary/aromatic N) is 2. The Balaban J connectivity index is 0.000001000. The van der Waals surface area contributed by atoms with Crippen molar-refractivity contribution in [2.24, 2.45) is 0 Å². The summed E-state index contributed by atoms with van der Waals surface area (Å²) in [5.74, 6) is 0. The first kappa shape index (κ1) is 10.0. The molecule has 0 bridgehead atoms. The summed E-state index contributed by atoms with van der Waals surface area (Å²) in [6.07, 6.45) is 3.14. The maximum Gasteiger partial charge on any atom is 0.196 e. The van der Waals surface area contributed by atoms with Crippen LogP contribution in [0.15, 0.2) is 18.3 Å². The summed E-state index contributed by atoms with van der Waals surface area (Å²) in [5, 5.41) is 4.28. The van der Waals surface area contributed by atoms with Gasteiger partial charge in [0, 0.05) is 12.5 Å². The Labute approximate surface area is 67.0 Å². The fourth-order valence-electron chi connectivity index (χ4n) is 0.905. The van der Waals surface area contributed by atoms with E-state index >= 15 is 0 Å². The lowest BCUT2D eigenvalue weighted by atomic mass is 10.4. The van der Waals surface area contributed by atoms with E-state index in [9.17, 15) is 0 Å². The van der Waals surface area contributed by atoms with Gasteiger partial charge < -0.3 is 5.48 Å². The first-order chi connectivity index (χ1) is 4.83. The molecule has 1 N–H and O–H groups in total. The molecule has 0 spiro atoms. The lowest BCUT2D eigenvalue weighted by molar-refractivity contribution is -0.754. The van der Waals surface area contributed by atoms with Crippen LogP contribution < -0.4 is 4.68 Å². The number of rotatable bonds is 2. The standard InChI is InChI=1S/C8H13N2.H2O/c1-3-6-10-7-4-5-8(2)9-10;/h4-5,7H,3,6H2,1-2H3;1H2/q+1;/p-1. The molecule has 62 valence electrons. The van der Waals surface area contributed by atoms with Gasteiger partial charge in [0.05, 0.1) is 0 Å². The normalized spacial score (nSPS) is 8.91. The van der Waals surface area contributed by atoms with Crippen molar-refractivity contribution < 1.29 is 10.2 Å². The SMILES string of the molecule is CCC[n+]1cccc(C)n1.[OH-]. The first-order valence-corrected chi connectivity index (χ1v) is 3.66. The van der Waals surface area contributed by atoms with E-state index in [1.807, 2.05) is 29.9 Å². The summed E-state index contributed by atoms with van der Waals surface area (Å²) in [5.41, 5.74) is 1.08. The largest absolute Gasteiger partial charge is 0.870 e. The maximum absolute atomic E-state index is 4.28. The van der Waals surface area contributed by atoms with E-state index < -0.39 is 0 Å².